The van der Waals surface area contributed by atoms with Crippen LogP contribution in [-0.4, -0.2) is 28.3 Å². The number of hydrogen-bond acceptors (Lipinski definition) is 3. The lowest BCUT2D eigenvalue weighted by Crippen LogP contribution is -2.34. The molecule has 0 radical (unpaired) electrons. The van der Waals surface area contributed by atoms with Crippen LogP contribution in [0.5, 0.6) is 0 Å². The molecule has 1 fully saturated rings. The van der Waals surface area contributed by atoms with Gasteiger partial charge in [-0.15, -0.1) is 0 Å². The minimum absolute atomic E-state index is 0.0383. The van der Waals surface area contributed by atoms with Crippen LogP contribution in [0.25, 0.3) is 0 Å². The van der Waals surface area contributed by atoms with Crippen molar-refractivity contribution in [2.75, 3.05) is 6.54 Å². The quantitative estimate of drug-likeness (QED) is 0.454. The predicted molar refractivity (Wildman–Crippen MR) is 80.1 cm³/mol. The lowest BCUT2D eigenvalue weighted by Gasteiger charge is -2.22. The largest absolute Gasteiger partial charge is 0.336 e. The van der Waals surface area contributed by atoms with Gasteiger partial charge in [-0.25, -0.2) is 0 Å². The molecule has 2 atom stereocenters. The average molecular weight is 374 g/mol. The topological polar surface area (TPSA) is 63.5 Å². The maximum atomic E-state index is 12.5. The van der Waals surface area contributed by atoms with E-state index in [9.17, 15) is 14.9 Å². The molecule has 1 saturated heterocycles. The van der Waals surface area contributed by atoms with Gasteiger partial charge in [0.2, 0.25) is 0 Å². The van der Waals surface area contributed by atoms with Crippen LogP contribution in [0.1, 0.15) is 30.6 Å². The Kier molecular flexibility index (Phi) is 4.07. The fourth-order valence-corrected chi connectivity index (χ4v) is 3.09. The number of benzene rings is 1. The average Bonchev–Trinajstić information content (AvgIpc) is 2.68. The van der Waals surface area contributed by atoms with Crippen LogP contribution in [0.4, 0.5) is 5.69 Å². The molecule has 1 heterocycles. The Hall–Kier alpha value is -1.18. The van der Waals surface area contributed by atoms with Crippen molar-refractivity contribution in [1.82, 2.24) is 4.90 Å². The smallest absolute Gasteiger partial charge is 0.270 e. The summed E-state index contributed by atoms with van der Waals surface area (Å²) in [4.78, 5) is 24.6. The van der Waals surface area contributed by atoms with Gasteiger partial charge in [0.1, 0.15) is 0 Å². The summed E-state index contributed by atoms with van der Waals surface area (Å²) in [5.74, 6) is 0.375. The van der Waals surface area contributed by atoms with Crippen molar-refractivity contribution < 1.29 is 9.72 Å². The van der Waals surface area contributed by atoms with E-state index in [1.165, 1.54) is 12.1 Å². The highest BCUT2D eigenvalue weighted by molar-refractivity contribution is 14.1. The van der Waals surface area contributed by atoms with E-state index in [0.29, 0.717) is 11.5 Å². The molecule has 2 unspecified atom stereocenters. The van der Waals surface area contributed by atoms with E-state index in [1.54, 1.807) is 6.07 Å². The highest BCUT2D eigenvalue weighted by atomic mass is 127. The molecule has 2 rings (SSSR count). The van der Waals surface area contributed by atoms with E-state index in [-0.39, 0.29) is 17.6 Å². The molecule has 0 bridgehead atoms. The number of hydrogen-bond donors (Lipinski definition) is 0. The van der Waals surface area contributed by atoms with Crippen LogP contribution in [0.15, 0.2) is 18.2 Å². The molecule has 0 N–H and O–H groups in total. The number of carbonyl (C=O) groups is 1. The third-order valence-electron chi connectivity index (χ3n) is 3.44. The SMILES string of the molecule is CC1CC(C)N(C(=O)c2cc([N+](=O)[O-])ccc2I)C1. The van der Waals surface area contributed by atoms with Crippen molar-refractivity contribution in [2.24, 2.45) is 5.92 Å². The number of nitro groups is 1. The number of likely N-dealkylation sites (tertiary alicyclic amines) is 1. The Morgan fingerprint density at radius 1 is 1.47 bits per heavy atom. The molecule has 1 aliphatic heterocycles. The normalized spacial score (nSPS) is 22.6. The lowest BCUT2D eigenvalue weighted by atomic mass is 10.1. The lowest BCUT2D eigenvalue weighted by molar-refractivity contribution is -0.384. The third-order valence-corrected chi connectivity index (χ3v) is 4.38. The van der Waals surface area contributed by atoms with Crippen LogP contribution >= 0.6 is 22.6 Å². The van der Waals surface area contributed by atoms with Crippen LogP contribution in [0.3, 0.4) is 0 Å². The number of non-ortho nitro benzene ring substituents is 1. The molecular weight excluding hydrogens is 359 g/mol. The number of rotatable bonds is 2. The molecule has 0 aromatic heterocycles. The Balaban J connectivity index is 2.33. The second-order valence-corrected chi connectivity index (χ2v) is 6.23. The maximum absolute atomic E-state index is 12.5. The minimum Gasteiger partial charge on any atom is -0.336 e. The zero-order valence-electron chi connectivity index (χ0n) is 10.8. The van der Waals surface area contributed by atoms with Crippen molar-refractivity contribution in [3.05, 3.63) is 37.4 Å². The minimum atomic E-state index is -0.469. The molecular formula is C13H15IN2O3. The summed E-state index contributed by atoms with van der Waals surface area (Å²) in [5, 5.41) is 10.8. The fourth-order valence-electron chi connectivity index (χ4n) is 2.53. The fraction of sp³-hybridized carbons (Fsp3) is 0.462. The van der Waals surface area contributed by atoms with Gasteiger partial charge in [0.15, 0.2) is 0 Å². The molecule has 6 heteroatoms. The summed E-state index contributed by atoms with van der Waals surface area (Å²) in [6.07, 6.45) is 0.983. The summed E-state index contributed by atoms with van der Waals surface area (Å²) < 4.78 is 0.750. The molecule has 102 valence electrons. The molecule has 1 aromatic rings. The van der Waals surface area contributed by atoms with Gasteiger partial charge in [0.25, 0.3) is 11.6 Å². The third kappa shape index (κ3) is 2.88. The van der Waals surface area contributed by atoms with Gasteiger partial charge in [0.05, 0.1) is 10.5 Å². The highest BCUT2D eigenvalue weighted by Crippen LogP contribution is 2.27. The summed E-state index contributed by atoms with van der Waals surface area (Å²) in [6.45, 7) is 4.85. The van der Waals surface area contributed by atoms with Crippen molar-refractivity contribution in [2.45, 2.75) is 26.3 Å². The van der Waals surface area contributed by atoms with Crippen molar-refractivity contribution in [3.63, 3.8) is 0 Å². The molecule has 5 nitrogen and oxygen atoms in total. The van der Waals surface area contributed by atoms with Gasteiger partial charge < -0.3 is 4.90 Å². The Morgan fingerprint density at radius 3 is 2.68 bits per heavy atom. The molecule has 1 aromatic carbocycles. The van der Waals surface area contributed by atoms with E-state index in [2.05, 4.69) is 6.92 Å². The highest BCUT2D eigenvalue weighted by Gasteiger charge is 2.31. The molecule has 1 amide bonds. The summed E-state index contributed by atoms with van der Waals surface area (Å²) in [5.41, 5.74) is 0.388. The number of nitrogens with zero attached hydrogens (tertiary/aromatic N) is 2. The van der Waals surface area contributed by atoms with E-state index in [0.717, 1.165) is 16.5 Å². The first-order valence-corrected chi connectivity index (χ1v) is 7.23. The van der Waals surface area contributed by atoms with Gasteiger partial charge in [-0.3, -0.25) is 14.9 Å². The van der Waals surface area contributed by atoms with Crippen LogP contribution in [0, 0.1) is 19.6 Å². The Morgan fingerprint density at radius 2 is 2.16 bits per heavy atom. The summed E-state index contributed by atoms with van der Waals surface area (Å²) in [6, 6.07) is 4.61. The second-order valence-electron chi connectivity index (χ2n) is 5.07. The van der Waals surface area contributed by atoms with Crippen molar-refractivity contribution in [1.29, 1.82) is 0 Å². The van der Waals surface area contributed by atoms with Crippen LogP contribution in [0.2, 0.25) is 0 Å². The molecule has 0 aliphatic carbocycles. The van der Waals surface area contributed by atoms with Gasteiger partial charge in [-0.2, -0.15) is 0 Å². The van der Waals surface area contributed by atoms with Crippen LogP contribution in [-0.2, 0) is 0 Å². The van der Waals surface area contributed by atoms with E-state index >= 15 is 0 Å². The number of nitro benzene ring substituents is 1. The van der Waals surface area contributed by atoms with Crippen molar-refractivity contribution >= 4 is 34.2 Å². The Labute approximate surface area is 125 Å². The van der Waals surface area contributed by atoms with Crippen LogP contribution < -0.4 is 0 Å². The molecule has 0 saturated carbocycles. The summed E-state index contributed by atoms with van der Waals surface area (Å²) >= 11 is 2.04. The first-order valence-electron chi connectivity index (χ1n) is 6.15. The predicted octanol–water partition coefficient (Wildman–Crippen LogP) is 3.07. The monoisotopic (exact) mass is 374 g/mol. The zero-order valence-corrected chi connectivity index (χ0v) is 13.0. The molecule has 0 spiro atoms. The van der Waals surface area contributed by atoms with Gasteiger partial charge in [-0.05, 0) is 47.9 Å². The van der Waals surface area contributed by atoms with Crippen molar-refractivity contribution in [3.8, 4) is 0 Å². The number of amides is 1. The van der Waals surface area contributed by atoms with Gasteiger partial charge in [-0.1, -0.05) is 6.92 Å². The number of halogens is 1. The molecule has 19 heavy (non-hydrogen) atoms. The van der Waals surface area contributed by atoms with Gasteiger partial charge >= 0.3 is 0 Å². The van der Waals surface area contributed by atoms with E-state index < -0.39 is 4.92 Å². The van der Waals surface area contributed by atoms with E-state index in [1.807, 2.05) is 34.4 Å². The van der Waals surface area contributed by atoms with E-state index in [4.69, 9.17) is 0 Å². The Bertz CT molecular complexity index is 533. The maximum Gasteiger partial charge on any atom is 0.270 e. The van der Waals surface area contributed by atoms with Gasteiger partial charge in [0, 0.05) is 28.3 Å². The first-order chi connectivity index (χ1) is 8.90. The first kappa shape index (κ1) is 14.2. The second kappa shape index (κ2) is 5.44. The standard InChI is InChI=1S/C13H15IN2O3/c1-8-5-9(2)15(7-8)13(17)11-6-10(16(18)19)3-4-12(11)14/h3-4,6,8-9H,5,7H2,1-2H3. The summed E-state index contributed by atoms with van der Waals surface area (Å²) in [7, 11) is 0. The molecule has 1 aliphatic rings. The number of carbonyl (C=O) groups excluding carboxylic acids is 1. The zero-order chi connectivity index (χ0) is 14.2.